The van der Waals surface area contributed by atoms with Gasteiger partial charge >= 0.3 is 5.97 Å². The van der Waals surface area contributed by atoms with Crippen LogP contribution in [0, 0.1) is 5.92 Å². The molecule has 0 aromatic carbocycles. The number of aliphatic carboxylic acids is 1. The van der Waals surface area contributed by atoms with Crippen molar-refractivity contribution < 1.29 is 14.7 Å². The Morgan fingerprint density at radius 2 is 1.92 bits per heavy atom. The topological polar surface area (TPSA) is 92.4 Å². The maximum atomic E-state index is 11.1. The average molecular weight is 186 g/mol. The lowest BCUT2D eigenvalue weighted by atomic mass is 10.1. The lowest BCUT2D eigenvalue weighted by Crippen LogP contribution is -2.44. The number of hydrogen-bond donors (Lipinski definition) is 3. The lowest BCUT2D eigenvalue weighted by Gasteiger charge is -2.14. The quantitative estimate of drug-likeness (QED) is 0.525. The van der Waals surface area contributed by atoms with E-state index in [4.69, 9.17) is 10.8 Å². The molecule has 0 bridgehead atoms. The zero-order chi connectivity index (χ0) is 10.6. The number of amides is 1. The maximum Gasteiger partial charge on any atom is 0.351 e. The molecule has 4 N–H and O–H groups in total. The summed E-state index contributed by atoms with van der Waals surface area (Å²) in [5.41, 5.74) is 5.10. The monoisotopic (exact) mass is 186 g/mol. The fraction of sp³-hybridized carbons (Fsp3) is 0.500. The molecule has 0 saturated heterocycles. The molecule has 0 fully saturated rings. The highest BCUT2D eigenvalue weighted by Gasteiger charge is 2.19. The van der Waals surface area contributed by atoms with Gasteiger partial charge in [0.1, 0.15) is 5.70 Å². The number of nitrogens with one attached hydrogen (secondary N) is 1. The second-order valence-electron chi connectivity index (χ2n) is 3.04. The normalized spacial score (nSPS) is 12.3. The molecule has 0 spiro atoms. The smallest absolute Gasteiger partial charge is 0.351 e. The van der Waals surface area contributed by atoms with Gasteiger partial charge in [0.05, 0.1) is 6.04 Å². The van der Waals surface area contributed by atoms with E-state index in [2.05, 4.69) is 11.9 Å². The van der Waals surface area contributed by atoms with E-state index in [0.29, 0.717) is 0 Å². The number of hydrogen-bond acceptors (Lipinski definition) is 3. The molecule has 0 aromatic rings. The Morgan fingerprint density at radius 3 is 2.23 bits per heavy atom. The van der Waals surface area contributed by atoms with E-state index in [1.807, 2.05) is 0 Å². The summed E-state index contributed by atoms with van der Waals surface area (Å²) >= 11 is 0. The number of carbonyl (C=O) groups is 2. The van der Waals surface area contributed by atoms with Gasteiger partial charge in [0.25, 0.3) is 0 Å². The third-order valence-electron chi connectivity index (χ3n) is 1.55. The Kier molecular flexibility index (Phi) is 4.13. The first-order chi connectivity index (χ1) is 5.86. The third-order valence-corrected chi connectivity index (χ3v) is 1.55. The molecule has 5 heteroatoms. The van der Waals surface area contributed by atoms with Crippen LogP contribution in [0.5, 0.6) is 0 Å². The van der Waals surface area contributed by atoms with Crippen LogP contribution in [0.2, 0.25) is 0 Å². The van der Waals surface area contributed by atoms with Crippen LogP contribution in [-0.2, 0) is 9.59 Å². The fourth-order valence-electron chi connectivity index (χ4n) is 0.588. The highest BCUT2D eigenvalue weighted by Crippen LogP contribution is 1.98. The summed E-state index contributed by atoms with van der Waals surface area (Å²) in [6.45, 7) is 6.69. The van der Waals surface area contributed by atoms with Gasteiger partial charge in [-0.05, 0) is 5.92 Å². The van der Waals surface area contributed by atoms with Gasteiger partial charge in [-0.1, -0.05) is 20.4 Å². The number of carboxylic acid groups (broad SMARTS) is 1. The first kappa shape index (κ1) is 11.6. The largest absolute Gasteiger partial charge is 0.477 e. The Balaban J connectivity index is 4.16. The zero-order valence-corrected chi connectivity index (χ0v) is 7.70. The van der Waals surface area contributed by atoms with Crippen molar-refractivity contribution in [1.82, 2.24) is 5.32 Å². The molecule has 5 nitrogen and oxygen atoms in total. The molecule has 0 unspecified atom stereocenters. The minimum absolute atomic E-state index is 0.0402. The van der Waals surface area contributed by atoms with E-state index >= 15 is 0 Å². The van der Waals surface area contributed by atoms with Crippen LogP contribution < -0.4 is 11.1 Å². The Morgan fingerprint density at radius 1 is 1.46 bits per heavy atom. The predicted molar refractivity (Wildman–Crippen MR) is 47.7 cm³/mol. The Labute approximate surface area is 76.6 Å². The SMILES string of the molecule is C=C(NC(=O)[C@@H](N)C(C)C)C(=O)O. The molecule has 0 saturated carbocycles. The van der Waals surface area contributed by atoms with E-state index in [1.165, 1.54) is 0 Å². The second-order valence-corrected chi connectivity index (χ2v) is 3.04. The Hall–Kier alpha value is -1.36. The maximum absolute atomic E-state index is 11.1. The van der Waals surface area contributed by atoms with Crippen LogP contribution in [0.15, 0.2) is 12.3 Å². The van der Waals surface area contributed by atoms with Crippen molar-refractivity contribution in [2.75, 3.05) is 0 Å². The molecule has 0 heterocycles. The van der Waals surface area contributed by atoms with Crippen molar-refractivity contribution >= 4 is 11.9 Å². The summed E-state index contributed by atoms with van der Waals surface area (Å²) in [4.78, 5) is 21.4. The second kappa shape index (κ2) is 4.61. The lowest BCUT2D eigenvalue weighted by molar-refractivity contribution is -0.134. The third kappa shape index (κ3) is 3.71. The summed E-state index contributed by atoms with van der Waals surface area (Å²) in [6, 6.07) is -0.712. The van der Waals surface area contributed by atoms with Crippen molar-refractivity contribution in [2.45, 2.75) is 19.9 Å². The molecule has 13 heavy (non-hydrogen) atoms. The summed E-state index contributed by atoms with van der Waals surface area (Å²) in [5, 5.41) is 10.5. The van der Waals surface area contributed by atoms with E-state index < -0.39 is 17.9 Å². The molecule has 0 aliphatic carbocycles. The molecule has 0 aliphatic rings. The molecule has 74 valence electrons. The minimum Gasteiger partial charge on any atom is -0.477 e. The molecular weight excluding hydrogens is 172 g/mol. The standard InChI is InChI=1S/C8H14N2O3/c1-4(2)6(9)7(11)10-5(3)8(12)13/h4,6H,3,9H2,1-2H3,(H,10,11)(H,12,13)/t6-/m0/s1. The number of carboxylic acids is 1. The van der Waals surface area contributed by atoms with E-state index in [0.717, 1.165) is 0 Å². The predicted octanol–water partition coefficient (Wildman–Crippen LogP) is -0.316. The van der Waals surface area contributed by atoms with Crippen LogP contribution in [0.3, 0.4) is 0 Å². The minimum atomic E-state index is -1.26. The molecule has 0 rings (SSSR count). The van der Waals surface area contributed by atoms with Crippen molar-refractivity contribution in [3.63, 3.8) is 0 Å². The van der Waals surface area contributed by atoms with Crippen molar-refractivity contribution in [3.05, 3.63) is 12.3 Å². The number of nitrogens with two attached hydrogens (primary N) is 1. The van der Waals surface area contributed by atoms with Crippen LogP contribution in [0.25, 0.3) is 0 Å². The molecule has 0 aliphatic heterocycles. The fourth-order valence-corrected chi connectivity index (χ4v) is 0.588. The van der Waals surface area contributed by atoms with Crippen LogP contribution in [0.4, 0.5) is 0 Å². The number of rotatable bonds is 4. The van der Waals surface area contributed by atoms with Gasteiger partial charge in [0, 0.05) is 0 Å². The molecular formula is C8H14N2O3. The molecule has 1 atom stereocenters. The molecule has 0 aromatic heterocycles. The van der Waals surface area contributed by atoms with E-state index in [1.54, 1.807) is 13.8 Å². The van der Waals surface area contributed by atoms with Gasteiger partial charge in [-0.2, -0.15) is 0 Å². The van der Waals surface area contributed by atoms with E-state index in [9.17, 15) is 9.59 Å². The van der Waals surface area contributed by atoms with Crippen molar-refractivity contribution in [2.24, 2.45) is 11.7 Å². The van der Waals surface area contributed by atoms with Gasteiger partial charge in [-0.15, -0.1) is 0 Å². The highest BCUT2D eigenvalue weighted by atomic mass is 16.4. The summed E-state index contributed by atoms with van der Waals surface area (Å²) in [5.74, 6) is -1.83. The van der Waals surface area contributed by atoms with Gasteiger partial charge < -0.3 is 16.2 Å². The first-order valence-corrected chi connectivity index (χ1v) is 3.85. The van der Waals surface area contributed by atoms with Gasteiger partial charge in [-0.3, -0.25) is 4.79 Å². The highest BCUT2D eigenvalue weighted by molar-refractivity contribution is 5.93. The van der Waals surface area contributed by atoms with Crippen molar-refractivity contribution in [3.8, 4) is 0 Å². The van der Waals surface area contributed by atoms with Crippen LogP contribution >= 0.6 is 0 Å². The van der Waals surface area contributed by atoms with E-state index in [-0.39, 0.29) is 11.6 Å². The average Bonchev–Trinajstić information content (AvgIpc) is 2.02. The van der Waals surface area contributed by atoms with Gasteiger partial charge in [0.15, 0.2) is 0 Å². The summed E-state index contributed by atoms with van der Waals surface area (Å²) in [7, 11) is 0. The summed E-state index contributed by atoms with van der Waals surface area (Å²) < 4.78 is 0. The molecule has 1 amide bonds. The van der Waals surface area contributed by atoms with Gasteiger partial charge in [0.2, 0.25) is 5.91 Å². The molecule has 0 radical (unpaired) electrons. The Bertz CT molecular complexity index is 236. The summed E-state index contributed by atoms with van der Waals surface area (Å²) in [6.07, 6.45) is 0. The van der Waals surface area contributed by atoms with Crippen LogP contribution in [0.1, 0.15) is 13.8 Å². The van der Waals surface area contributed by atoms with Crippen LogP contribution in [-0.4, -0.2) is 23.0 Å². The van der Waals surface area contributed by atoms with Crippen molar-refractivity contribution in [1.29, 1.82) is 0 Å². The first-order valence-electron chi connectivity index (χ1n) is 3.85. The van der Waals surface area contributed by atoms with Gasteiger partial charge in [-0.25, -0.2) is 4.79 Å². The zero-order valence-electron chi connectivity index (χ0n) is 7.70. The number of carbonyl (C=O) groups excluding carboxylic acids is 1.